The summed E-state index contributed by atoms with van der Waals surface area (Å²) in [7, 11) is 0. The number of rotatable bonds is 6. The minimum absolute atomic E-state index is 0.213. The van der Waals surface area contributed by atoms with Crippen LogP contribution in [0.1, 0.15) is 11.3 Å². The molecule has 0 bridgehead atoms. The molecule has 112 valence electrons. The number of aryl methyl sites for hydroxylation is 1. The third kappa shape index (κ3) is 3.93. The van der Waals surface area contributed by atoms with Crippen molar-refractivity contribution in [3.05, 3.63) is 57.8 Å². The van der Waals surface area contributed by atoms with Gasteiger partial charge in [-0.15, -0.1) is 0 Å². The van der Waals surface area contributed by atoms with E-state index in [4.69, 9.17) is 10.00 Å². The second-order valence-electron chi connectivity index (χ2n) is 4.52. The molecule has 2 rings (SSSR count). The molecule has 22 heavy (non-hydrogen) atoms. The van der Waals surface area contributed by atoms with E-state index in [0.717, 1.165) is 11.3 Å². The molecule has 0 aliphatic carbocycles. The molecule has 0 aliphatic rings. The van der Waals surface area contributed by atoms with E-state index in [1.54, 1.807) is 6.07 Å². The summed E-state index contributed by atoms with van der Waals surface area (Å²) >= 11 is 0. The van der Waals surface area contributed by atoms with Gasteiger partial charge in [0.05, 0.1) is 11.5 Å². The van der Waals surface area contributed by atoms with Crippen molar-refractivity contribution in [1.82, 2.24) is 4.98 Å². The van der Waals surface area contributed by atoms with Gasteiger partial charge in [0.2, 0.25) is 5.69 Å². The number of hydrogen-bond donors (Lipinski definition) is 1. The topological polar surface area (TPSA) is 101 Å². The molecular weight excluding hydrogens is 284 g/mol. The van der Waals surface area contributed by atoms with Crippen molar-refractivity contribution < 1.29 is 9.66 Å². The minimum atomic E-state index is -0.629. The first kappa shape index (κ1) is 15.3. The van der Waals surface area contributed by atoms with Gasteiger partial charge in [-0.2, -0.15) is 5.26 Å². The van der Waals surface area contributed by atoms with E-state index in [1.807, 2.05) is 31.2 Å². The lowest BCUT2D eigenvalue weighted by Crippen LogP contribution is -2.12. The molecule has 1 N–H and O–H groups in total. The summed E-state index contributed by atoms with van der Waals surface area (Å²) in [6, 6.07) is 12.1. The number of benzene rings is 1. The fraction of sp³-hybridized carbons (Fsp3) is 0.200. The molecule has 0 aliphatic heterocycles. The zero-order chi connectivity index (χ0) is 15.9. The summed E-state index contributed by atoms with van der Waals surface area (Å²) in [6.07, 6.45) is 0. The lowest BCUT2D eigenvalue weighted by Gasteiger charge is -2.08. The monoisotopic (exact) mass is 298 g/mol. The van der Waals surface area contributed by atoms with Crippen LogP contribution in [0.3, 0.4) is 0 Å². The number of nitrogens with zero attached hydrogens (tertiary/aromatic N) is 3. The van der Waals surface area contributed by atoms with E-state index in [-0.39, 0.29) is 11.4 Å². The van der Waals surface area contributed by atoms with Crippen molar-refractivity contribution >= 4 is 11.5 Å². The second-order valence-corrected chi connectivity index (χ2v) is 4.52. The molecule has 0 atom stereocenters. The van der Waals surface area contributed by atoms with Crippen LogP contribution in [-0.4, -0.2) is 23.1 Å². The van der Waals surface area contributed by atoms with Crippen LogP contribution in [0.5, 0.6) is 5.75 Å². The molecular formula is C15H14N4O3. The van der Waals surface area contributed by atoms with Crippen LogP contribution in [0.15, 0.2) is 36.4 Å². The quantitative estimate of drug-likeness (QED) is 0.500. The van der Waals surface area contributed by atoms with E-state index < -0.39 is 4.92 Å². The summed E-state index contributed by atoms with van der Waals surface area (Å²) in [5.74, 6) is 1.17. The zero-order valence-corrected chi connectivity index (χ0v) is 11.9. The third-order valence-electron chi connectivity index (χ3n) is 2.84. The number of nitriles is 1. The Balaban J connectivity index is 1.90. The second kappa shape index (κ2) is 7.04. The fourth-order valence-electron chi connectivity index (χ4n) is 1.83. The molecule has 7 nitrogen and oxygen atoms in total. The van der Waals surface area contributed by atoms with E-state index in [1.165, 1.54) is 12.1 Å². The van der Waals surface area contributed by atoms with Crippen LogP contribution >= 0.6 is 0 Å². The van der Waals surface area contributed by atoms with E-state index in [0.29, 0.717) is 19.0 Å². The summed E-state index contributed by atoms with van der Waals surface area (Å²) in [4.78, 5) is 14.0. The first-order valence-corrected chi connectivity index (χ1v) is 6.59. The van der Waals surface area contributed by atoms with Gasteiger partial charge in [0, 0.05) is 6.07 Å². The molecule has 0 unspecified atom stereocenters. The average molecular weight is 298 g/mol. The Morgan fingerprint density at radius 3 is 2.91 bits per heavy atom. The number of pyridine rings is 1. The minimum Gasteiger partial charge on any atom is -0.492 e. The van der Waals surface area contributed by atoms with Crippen molar-refractivity contribution in [2.75, 3.05) is 18.5 Å². The number of aromatic nitrogens is 1. The largest absolute Gasteiger partial charge is 0.492 e. The Kier molecular flexibility index (Phi) is 4.88. The van der Waals surface area contributed by atoms with Gasteiger partial charge in [0.15, 0.2) is 0 Å². The average Bonchev–Trinajstić information content (AvgIpc) is 2.51. The van der Waals surface area contributed by atoms with Crippen molar-refractivity contribution in [1.29, 1.82) is 5.26 Å². The standard InChI is InChI=1S/C15H14N4O3/c1-11-3-2-4-12(9-11)22-8-7-17-15-6-5-14(19(20)21)13(10-16)18-15/h2-6,9H,7-8H2,1H3,(H,17,18). The van der Waals surface area contributed by atoms with Crippen LogP contribution in [0.2, 0.25) is 0 Å². The van der Waals surface area contributed by atoms with Crippen molar-refractivity contribution in [3.8, 4) is 11.8 Å². The summed E-state index contributed by atoms with van der Waals surface area (Å²) < 4.78 is 5.56. The van der Waals surface area contributed by atoms with Gasteiger partial charge in [0.1, 0.15) is 24.2 Å². The van der Waals surface area contributed by atoms with Crippen LogP contribution in [0.4, 0.5) is 11.5 Å². The van der Waals surface area contributed by atoms with E-state index >= 15 is 0 Å². The Bertz CT molecular complexity index is 725. The Hall–Kier alpha value is -3.14. The normalized spacial score (nSPS) is 9.82. The molecule has 1 aromatic carbocycles. The maximum atomic E-state index is 10.7. The zero-order valence-electron chi connectivity index (χ0n) is 11.9. The first-order valence-electron chi connectivity index (χ1n) is 6.59. The Labute approximate surface area is 127 Å². The van der Waals surface area contributed by atoms with Gasteiger partial charge < -0.3 is 10.1 Å². The highest BCUT2D eigenvalue weighted by Crippen LogP contribution is 2.18. The maximum Gasteiger partial charge on any atom is 0.305 e. The predicted molar refractivity (Wildman–Crippen MR) is 80.8 cm³/mol. The van der Waals surface area contributed by atoms with Crippen LogP contribution < -0.4 is 10.1 Å². The maximum absolute atomic E-state index is 10.7. The van der Waals surface area contributed by atoms with Crippen molar-refractivity contribution in [3.63, 3.8) is 0 Å². The molecule has 0 fully saturated rings. The van der Waals surface area contributed by atoms with Crippen LogP contribution in [-0.2, 0) is 0 Å². The molecule has 0 saturated carbocycles. The van der Waals surface area contributed by atoms with Gasteiger partial charge in [-0.3, -0.25) is 10.1 Å². The highest BCUT2D eigenvalue weighted by Gasteiger charge is 2.15. The number of anilines is 1. The molecule has 1 heterocycles. The lowest BCUT2D eigenvalue weighted by molar-refractivity contribution is -0.385. The third-order valence-corrected chi connectivity index (χ3v) is 2.84. The number of ether oxygens (including phenoxy) is 1. The van der Waals surface area contributed by atoms with Gasteiger partial charge in [0.25, 0.3) is 0 Å². The van der Waals surface area contributed by atoms with E-state index in [2.05, 4.69) is 10.3 Å². The highest BCUT2D eigenvalue weighted by atomic mass is 16.6. The van der Waals surface area contributed by atoms with Crippen molar-refractivity contribution in [2.24, 2.45) is 0 Å². The molecule has 7 heteroatoms. The molecule has 1 aromatic heterocycles. The Morgan fingerprint density at radius 1 is 1.41 bits per heavy atom. The smallest absolute Gasteiger partial charge is 0.305 e. The Morgan fingerprint density at radius 2 is 2.23 bits per heavy atom. The van der Waals surface area contributed by atoms with Gasteiger partial charge in [-0.05, 0) is 30.7 Å². The molecule has 0 amide bonds. The molecule has 0 spiro atoms. The summed E-state index contributed by atoms with van der Waals surface area (Å²) in [5, 5.41) is 22.5. The van der Waals surface area contributed by atoms with Gasteiger partial charge >= 0.3 is 5.69 Å². The number of nitrogens with one attached hydrogen (secondary N) is 1. The van der Waals surface area contributed by atoms with E-state index in [9.17, 15) is 10.1 Å². The lowest BCUT2D eigenvalue weighted by atomic mass is 10.2. The first-order chi connectivity index (χ1) is 10.6. The highest BCUT2D eigenvalue weighted by molar-refractivity contribution is 5.50. The fourth-order valence-corrected chi connectivity index (χ4v) is 1.83. The number of nitro groups is 1. The van der Waals surface area contributed by atoms with Crippen LogP contribution in [0.25, 0.3) is 0 Å². The molecule has 0 saturated heterocycles. The summed E-state index contributed by atoms with van der Waals surface area (Å²) in [5.41, 5.74) is 0.597. The summed E-state index contributed by atoms with van der Waals surface area (Å²) in [6.45, 7) is 2.85. The van der Waals surface area contributed by atoms with Gasteiger partial charge in [-0.1, -0.05) is 12.1 Å². The van der Waals surface area contributed by atoms with Crippen molar-refractivity contribution in [2.45, 2.75) is 6.92 Å². The molecule has 2 aromatic rings. The SMILES string of the molecule is Cc1cccc(OCCNc2ccc([N+](=O)[O-])c(C#N)n2)c1. The molecule has 0 radical (unpaired) electrons. The number of hydrogen-bond acceptors (Lipinski definition) is 6. The van der Waals surface area contributed by atoms with Gasteiger partial charge in [-0.25, -0.2) is 4.98 Å². The van der Waals surface area contributed by atoms with Crippen LogP contribution in [0, 0.1) is 28.4 Å². The predicted octanol–water partition coefficient (Wildman–Crippen LogP) is 2.66.